The van der Waals surface area contributed by atoms with Crippen LogP contribution in [0, 0.1) is 6.92 Å². The second-order valence-corrected chi connectivity index (χ2v) is 12.3. The number of nitrogens with one attached hydrogen (secondary N) is 1. The minimum Gasteiger partial charge on any atom is -0.352 e. The Morgan fingerprint density at radius 3 is 2.20 bits per heavy atom. The molecule has 0 radical (unpaired) electrons. The minimum atomic E-state index is -3.92. The van der Waals surface area contributed by atoms with Crippen molar-refractivity contribution >= 4 is 33.3 Å². The number of hydrogen-bond acceptors (Lipinski definition) is 5. The van der Waals surface area contributed by atoms with E-state index in [4.69, 9.17) is 0 Å². The molecule has 0 spiro atoms. The molecule has 0 aliphatic rings. The third-order valence-corrected chi connectivity index (χ3v) is 8.23. The van der Waals surface area contributed by atoms with Crippen LogP contribution in [0.3, 0.4) is 0 Å². The molecule has 0 aliphatic carbocycles. The van der Waals surface area contributed by atoms with E-state index in [0.717, 1.165) is 27.3 Å². The molecule has 41 heavy (non-hydrogen) atoms. The van der Waals surface area contributed by atoms with Crippen molar-refractivity contribution in [2.24, 2.45) is 0 Å². The molecule has 1 N–H and O–H groups in total. The number of ketones is 1. The first-order valence-corrected chi connectivity index (χ1v) is 15.5. The highest BCUT2D eigenvalue weighted by Crippen LogP contribution is 2.22. The second-order valence-electron chi connectivity index (χ2n) is 10.3. The summed E-state index contributed by atoms with van der Waals surface area (Å²) >= 11 is 0. The van der Waals surface area contributed by atoms with Gasteiger partial charge in [-0.3, -0.25) is 18.7 Å². The molecule has 0 heterocycles. The van der Waals surface area contributed by atoms with Crippen molar-refractivity contribution in [1.82, 2.24) is 10.2 Å². The molecule has 0 aliphatic heterocycles. The summed E-state index contributed by atoms with van der Waals surface area (Å²) < 4.78 is 26.9. The number of aryl methyl sites for hydroxylation is 1. The van der Waals surface area contributed by atoms with Gasteiger partial charge in [-0.2, -0.15) is 0 Å². The lowest BCUT2D eigenvalue weighted by Crippen LogP contribution is -2.54. The number of benzene rings is 3. The van der Waals surface area contributed by atoms with Crippen LogP contribution in [0.5, 0.6) is 0 Å². The van der Waals surface area contributed by atoms with E-state index in [1.54, 1.807) is 18.2 Å². The van der Waals surface area contributed by atoms with Crippen LogP contribution in [0.4, 0.5) is 5.69 Å². The molecule has 0 unspecified atom stereocenters. The number of carbonyl (C=O) groups excluding carboxylic acids is 3. The molecule has 0 bridgehead atoms. The summed E-state index contributed by atoms with van der Waals surface area (Å²) in [6.45, 7) is 6.77. The molecule has 9 heteroatoms. The Balaban J connectivity index is 2.09. The van der Waals surface area contributed by atoms with Crippen LogP contribution in [-0.4, -0.2) is 55.8 Å². The lowest BCUT2D eigenvalue weighted by atomic mass is 10.0. The highest BCUT2D eigenvalue weighted by Gasteiger charge is 2.33. The third-order valence-electron chi connectivity index (χ3n) is 7.09. The van der Waals surface area contributed by atoms with Crippen LogP contribution in [0.2, 0.25) is 0 Å². The zero-order valence-corrected chi connectivity index (χ0v) is 25.1. The molecule has 8 nitrogen and oxygen atoms in total. The van der Waals surface area contributed by atoms with Crippen molar-refractivity contribution in [3.8, 4) is 0 Å². The Morgan fingerprint density at radius 2 is 1.59 bits per heavy atom. The van der Waals surface area contributed by atoms with Crippen LogP contribution in [0.15, 0.2) is 78.9 Å². The van der Waals surface area contributed by atoms with Crippen LogP contribution < -0.4 is 9.62 Å². The monoisotopic (exact) mass is 577 g/mol. The molecule has 3 aromatic rings. The zero-order valence-electron chi connectivity index (χ0n) is 24.3. The maximum absolute atomic E-state index is 14.2. The first kappa shape index (κ1) is 31.5. The largest absolute Gasteiger partial charge is 0.352 e. The van der Waals surface area contributed by atoms with E-state index in [1.165, 1.54) is 17.9 Å². The Kier molecular flexibility index (Phi) is 10.8. The van der Waals surface area contributed by atoms with Crippen molar-refractivity contribution < 1.29 is 22.8 Å². The van der Waals surface area contributed by atoms with Gasteiger partial charge in [0.2, 0.25) is 21.8 Å². The van der Waals surface area contributed by atoms with Gasteiger partial charge < -0.3 is 10.2 Å². The average molecular weight is 578 g/mol. The number of nitrogens with zero attached hydrogens (tertiary/aromatic N) is 2. The van der Waals surface area contributed by atoms with Crippen molar-refractivity contribution in [2.75, 3.05) is 17.1 Å². The topological polar surface area (TPSA) is 104 Å². The quantitative estimate of drug-likeness (QED) is 0.301. The lowest BCUT2D eigenvalue weighted by Gasteiger charge is -2.34. The van der Waals surface area contributed by atoms with Crippen LogP contribution in [0.1, 0.15) is 54.2 Å². The summed E-state index contributed by atoms with van der Waals surface area (Å²) in [6.07, 6.45) is 1.98. The van der Waals surface area contributed by atoms with Gasteiger partial charge in [-0.1, -0.05) is 73.7 Å². The van der Waals surface area contributed by atoms with E-state index in [2.05, 4.69) is 5.32 Å². The Hall–Kier alpha value is -3.98. The number of carbonyl (C=O) groups is 3. The van der Waals surface area contributed by atoms with Gasteiger partial charge in [-0.25, -0.2) is 8.42 Å². The molecule has 0 saturated carbocycles. The van der Waals surface area contributed by atoms with Gasteiger partial charge in [0.1, 0.15) is 12.6 Å². The summed E-state index contributed by atoms with van der Waals surface area (Å²) in [5.41, 5.74) is 3.19. The van der Waals surface area contributed by atoms with E-state index in [0.29, 0.717) is 12.0 Å². The molecular formula is C32H39N3O5S. The average Bonchev–Trinajstić information content (AvgIpc) is 2.94. The van der Waals surface area contributed by atoms with Crippen molar-refractivity contribution in [1.29, 1.82) is 0 Å². The van der Waals surface area contributed by atoms with Gasteiger partial charge >= 0.3 is 0 Å². The number of hydrogen-bond donors (Lipinski definition) is 1. The summed E-state index contributed by atoms with van der Waals surface area (Å²) in [5.74, 6) is -1.07. The Morgan fingerprint density at radius 1 is 0.927 bits per heavy atom. The number of anilines is 1. The smallest absolute Gasteiger partial charge is 0.244 e. The number of Topliss-reactive ketones (excluding diaryl/α,β-unsaturated/α-hetero) is 1. The van der Waals surface area contributed by atoms with Crippen molar-refractivity contribution in [3.63, 3.8) is 0 Å². The van der Waals surface area contributed by atoms with Crippen molar-refractivity contribution in [3.05, 3.63) is 101 Å². The van der Waals surface area contributed by atoms with E-state index >= 15 is 0 Å². The summed E-state index contributed by atoms with van der Waals surface area (Å²) in [4.78, 5) is 41.4. The number of sulfonamides is 1. The fourth-order valence-electron chi connectivity index (χ4n) is 4.46. The van der Waals surface area contributed by atoms with Gasteiger partial charge in [0.25, 0.3) is 0 Å². The molecule has 3 aromatic carbocycles. The van der Waals surface area contributed by atoms with Crippen LogP contribution in [0.25, 0.3) is 0 Å². The predicted molar refractivity (Wildman–Crippen MR) is 162 cm³/mol. The summed E-state index contributed by atoms with van der Waals surface area (Å²) in [5, 5.41) is 3.02. The van der Waals surface area contributed by atoms with E-state index in [9.17, 15) is 22.8 Å². The first-order chi connectivity index (χ1) is 19.4. The predicted octanol–water partition coefficient (Wildman–Crippen LogP) is 4.52. The summed E-state index contributed by atoms with van der Waals surface area (Å²) in [7, 11) is -3.92. The standard InChI is InChI=1S/C32H39N3O5S/c1-6-24(3)33-32(38)30(19-26-14-8-7-9-15-26)34(21-28-16-11-10-13-23(28)2)31(37)22-35(41(5,39)40)29-18-12-17-27(20-29)25(4)36/h7-18,20,24,30H,6,19,21-22H2,1-5H3,(H,33,38)/t24-,30+/m0/s1. The fraction of sp³-hybridized carbons (Fsp3) is 0.344. The van der Waals surface area contributed by atoms with Crippen molar-refractivity contribution in [2.45, 2.75) is 59.2 Å². The molecule has 0 aromatic heterocycles. The Bertz CT molecular complexity index is 1470. The lowest BCUT2D eigenvalue weighted by molar-refractivity contribution is -0.140. The van der Waals surface area contributed by atoms with Gasteiger partial charge in [0.05, 0.1) is 11.9 Å². The highest BCUT2D eigenvalue weighted by atomic mass is 32.2. The maximum Gasteiger partial charge on any atom is 0.244 e. The van der Waals surface area contributed by atoms with E-state index in [-0.39, 0.29) is 36.4 Å². The van der Waals surface area contributed by atoms with E-state index in [1.807, 2.05) is 75.4 Å². The van der Waals surface area contributed by atoms with Gasteiger partial charge in [-0.05, 0) is 56.0 Å². The second kappa shape index (κ2) is 14.1. The molecule has 0 saturated heterocycles. The normalized spacial score (nSPS) is 12.7. The highest BCUT2D eigenvalue weighted by molar-refractivity contribution is 7.92. The fourth-order valence-corrected chi connectivity index (χ4v) is 5.30. The molecule has 218 valence electrons. The SMILES string of the molecule is CC[C@H](C)NC(=O)[C@@H](Cc1ccccc1)N(Cc1ccccc1C)C(=O)CN(c1cccc(C(C)=O)c1)S(C)(=O)=O. The van der Waals surface area contributed by atoms with E-state index < -0.39 is 28.5 Å². The van der Waals surface area contributed by atoms with Crippen LogP contribution >= 0.6 is 0 Å². The van der Waals surface area contributed by atoms with Gasteiger partial charge in [-0.15, -0.1) is 0 Å². The molecule has 3 rings (SSSR count). The first-order valence-electron chi connectivity index (χ1n) is 13.7. The van der Waals surface area contributed by atoms with Gasteiger partial charge in [0, 0.05) is 24.6 Å². The molecular weight excluding hydrogens is 538 g/mol. The minimum absolute atomic E-state index is 0.113. The van der Waals surface area contributed by atoms with Crippen LogP contribution in [-0.2, 0) is 32.6 Å². The van der Waals surface area contributed by atoms with Gasteiger partial charge in [0.15, 0.2) is 5.78 Å². The third kappa shape index (κ3) is 8.75. The molecule has 2 amide bonds. The molecule has 0 fully saturated rings. The number of amides is 2. The zero-order chi connectivity index (χ0) is 30.2. The Labute approximate surface area is 243 Å². The summed E-state index contributed by atoms with van der Waals surface area (Å²) in [6, 6.07) is 22.2. The maximum atomic E-state index is 14.2. The molecule has 2 atom stereocenters. The number of rotatable bonds is 13.